The van der Waals surface area contributed by atoms with E-state index in [0.29, 0.717) is 17.8 Å². The fraction of sp³-hybridized carbons (Fsp3) is 0.214. The summed E-state index contributed by atoms with van der Waals surface area (Å²) in [5, 5.41) is 20.8. The second-order valence-electron chi connectivity index (χ2n) is 8.30. The van der Waals surface area contributed by atoms with E-state index in [4.69, 9.17) is 10.7 Å². The third-order valence-electron chi connectivity index (χ3n) is 5.43. The van der Waals surface area contributed by atoms with Crippen LogP contribution in [0.4, 0.5) is 5.69 Å². The molecule has 0 aliphatic carbocycles. The van der Waals surface area contributed by atoms with Crippen molar-refractivity contribution in [3.05, 3.63) is 95.3 Å². The molecule has 3 amide bonds. The van der Waals surface area contributed by atoms with Gasteiger partial charge in [-0.15, -0.1) is 0 Å². The molecule has 0 spiro atoms. The fourth-order valence-electron chi connectivity index (χ4n) is 3.37. The van der Waals surface area contributed by atoms with Crippen LogP contribution in [0.3, 0.4) is 0 Å². The zero-order chi connectivity index (χ0) is 28.0. The molecule has 0 aliphatic rings. The van der Waals surface area contributed by atoms with Crippen LogP contribution in [0.2, 0.25) is 0 Å². The minimum Gasteiger partial charge on any atom is -0.338 e. The lowest BCUT2D eigenvalue weighted by Gasteiger charge is -2.16. The van der Waals surface area contributed by atoms with E-state index in [2.05, 4.69) is 42.8 Å². The molecule has 3 rings (SSSR count). The summed E-state index contributed by atoms with van der Waals surface area (Å²) in [5.74, 6) is 4.42. The van der Waals surface area contributed by atoms with Gasteiger partial charge < -0.3 is 16.0 Å². The SMILES string of the molecule is C.C[C@@H](N=[N+]=N)[C@H](NC(=O)c1ccc(C#Cc2ccc(NC(=O)CNCc3ccncc3)cc2)cc1)C(=O)NO. The van der Waals surface area contributed by atoms with Crippen molar-refractivity contribution < 1.29 is 19.6 Å². The number of nitrogens with one attached hydrogen (secondary N) is 5. The van der Waals surface area contributed by atoms with Gasteiger partial charge in [-0.25, -0.2) is 5.48 Å². The van der Waals surface area contributed by atoms with Crippen LogP contribution in [-0.4, -0.2) is 46.5 Å². The maximum atomic E-state index is 12.5. The number of carbonyl (C=O) groups excluding carboxylic acids is 3. The van der Waals surface area contributed by atoms with Gasteiger partial charge in [0.15, 0.2) is 6.04 Å². The Labute approximate surface area is 231 Å². The van der Waals surface area contributed by atoms with E-state index in [1.165, 1.54) is 12.4 Å². The quantitative estimate of drug-likeness (QED) is 0.0750. The summed E-state index contributed by atoms with van der Waals surface area (Å²) in [4.78, 5) is 43.4. The molecular formula is C28H31N8O4+. The number of pyridine rings is 1. The number of amides is 3. The molecule has 12 heteroatoms. The molecule has 1 aromatic heterocycles. The number of carbonyl (C=O) groups is 3. The molecule has 0 saturated carbocycles. The highest BCUT2D eigenvalue weighted by Gasteiger charge is 2.30. The molecular weight excluding hydrogens is 512 g/mol. The molecule has 6 N–H and O–H groups in total. The minimum atomic E-state index is -1.22. The van der Waals surface area contributed by atoms with E-state index in [1.54, 1.807) is 60.9 Å². The average Bonchev–Trinajstić information content (AvgIpc) is 2.96. The molecule has 206 valence electrons. The van der Waals surface area contributed by atoms with Gasteiger partial charge in [-0.05, 0) is 73.2 Å². The number of anilines is 1. The summed E-state index contributed by atoms with van der Waals surface area (Å²) in [5.41, 5.74) is 11.6. The molecule has 2 aromatic carbocycles. The van der Waals surface area contributed by atoms with Gasteiger partial charge in [-0.1, -0.05) is 19.3 Å². The Bertz CT molecular complexity index is 1390. The minimum absolute atomic E-state index is 0. The molecule has 0 radical (unpaired) electrons. The third kappa shape index (κ3) is 9.59. The van der Waals surface area contributed by atoms with Crippen molar-refractivity contribution in [1.82, 2.24) is 26.0 Å². The maximum Gasteiger partial charge on any atom is 0.268 e. The van der Waals surface area contributed by atoms with Gasteiger partial charge in [0.05, 0.1) is 6.54 Å². The number of hydroxylamine groups is 1. The van der Waals surface area contributed by atoms with Crippen LogP contribution in [0, 0.1) is 17.4 Å². The van der Waals surface area contributed by atoms with Crippen molar-refractivity contribution >= 4 is 23.4 Å². The smallest absolute Gasteiger partial charge is 0.268 e. The van der Waals surface area contributed by atoms with Crippen LogP contribution in [0.15, 0.2) is 78.2 Å². The van der Waals surface area contributed by atoms with Crippen molar-refractivity contribution in [2.24, 2.45) is 5.11 Å². The first-order valence-electron chi connectivity index (χ1n) is 11.8. The summed E-state index contributed by atoms with van der Waals surface area (Å²) in [7, 11) is 0. The van der Waals surface area contributed by atoms with Gasteiger partial charge in [0.25, 0.3) is 11.8 Å². The first kappa shape index (κ1) is 31.0. The lowest BCUT2D eigenvalue weighted by atomic mass is 10.1. The largest absolute Gasteiger partial charge is 0.338 e. The average molecular weight is 544 g/mol. The van der Waals surface area contributed by atoms with Gasteiger partial charge in [0.1, 0.15) is 16.7 Å². The molecule has 0 bridgehead atoms. The zero-order valence-corrected chi connectivity index (χ0v) is 21.0. The van der Waals surface area contributed by atoms with E-state index in [9.17, 15) is 14.4 Å². The zero-order valence-electron chi connectivity index (χ0n) is 21.0. The Kier molecular flexibility index (Phi) is 12.3. The maximum absolute atomic E-state index is 12.5. The Morgan fingerprint density at radius 3 is 2.17 bits per heavy atom. The molecule has 0 unspecified atom stereocenters. The van der Waals surface area contributed by atoms with Crippen molar-refractivity contribution in [2.45, 2.75) is 33.0 Å². The van der Waals surface area contributed by atoms with Gasteiger partial charge >= 0.3 is 0 Å². The topological polar surface area (TPSA) is 183 Å². The number of benzene rings is 2. The van der Waals surface area contributed by atoms with Crippen LogP contribution >= 0.6 is 0 Å². The first-order chi connectivity index (χ1) is 18.9. The van der Waals surface area contributed by atoms with Gasteiger partial charge in [0, 0.05) is 41.3 Å². The summed E-state index contributed by atoms with van der Waals surface area (Å²) in [6.45, 7) is 2.21. The number of aromatic nitrogens is 1. The van der Waals surface area contributed by atoms with Crippen molar-refractivity contribution in [3.8, 4) is 11.8 Å². The Morgan fingerprint density at radius 1 is 1.00 bits per heavy atom. The number of nitrogens with zero attached hydrogens (tertiary/aromatic N) is 3. The van der Waals surface area contributed by atoms with Crippen LogP contribution < -0.4 is 26.3 Å². The molecule has 0 aliphatic heterocycles. The van der Waals surface area contributed by atoms with Crippen LogP contribution in [0.5, 0.6) is 0 Å². The Balaban J connectivity index is 0.00000560. The van der Waals surface area contributed by atoms with Gasteiger partial charge in [-0.3, -0.25) is 24.6 Å². The van der Waals surface area contributed by atoms with Crippen LogP contribution in [-0.2, 0) is 16.1 Å². The van der Waals surface area contributed by atoms with E-state index < -0.39 is 23.9 Å². The monoisotopic (exact) mass is 543 g/mol. The molecule has 2 atom stereocenters. The summed E-state index contributed by atoms with van der Waals surface area (Å²) in [6, 6.07) is 15.2. The summed E-state index contributed by atoms with van der Waals surface area (Å²) >= 11 is 0. The van der Waals surface area contributed by atoms with Crippen LogP contribution in [0.25, 0.3) is 0 Å². The van der Waals surface area contributed by atoms with Crippen LogP contribution in [0.1, 0.15) is 41.4 Å². The highest BCUT2D eigenvalue weighted by atomic mass is 16.5. The Morgan fingerprint density at radius 2 is 1.60 bits per heavy atom. The molecule has 1 heterocycles. The van der Waals surface area contributed by atoms with E-state index in [-0.39, 0.29) is 25.4 Å². The predicted octanol–water partition coefficient (Wildman–Crippen LogP) is 2.39. The summed E-state index contributed by atoms with van der Waals surface area (Å²) < 4.78 is 0. The van der Waals surface area contributed by atoms with E-state index in [1.807, 2.05) is 12.1 Å². The lowest BCUT2D eigenvalue weighted by Crippen LogP contribution is -2.51. The van der Waals surface area contributed by atoms with Crippen molar-refractivity contribution in [1.29, 1.82) is 5.53 Å². The first-order valence-corrected chi connectivity index (χ1v) is 11.8. The summed E-state index contributed by atoms with van der Waals surface area (Å²) in [6.07, 6.45) is 3.40. The lowest BCUT2D eigenvalue weighted by molar-refractivity contribution is -0.131. The van der Waals surface area contributed by atoms with Crippen molar-refractivity contribution in [2.75, 3.05) is 11.9 Å². The number of hydrogen-bond donors (Lipinski definition) is 6. The molecule has 3 aromatic rings. The third-order valence-corrected chi connectivity index (χ3v) is 5.43. The second kappa shape index (κ2) is 15.9. The standard InChI is InChI=1S/C27H26N8O4.CH4/c1-18(33-35-28)25(27(38)34-39)32-26(37)22-8-4-19(5-9-22)2-3-20-6-10-23(11-7-20)31-24(36)17-30-16-21-12-14-29-15-13-21;/h4-15,18,25,28,30H,16-17H2,1H3,(H3-,31,32,34,36,37,38,39);1H4/p+1/t18-,25+;/m1./s1. The predicted molar refractivity (Wildman–Crippen MR) is 148 cm³/mol. The van der Waals surface area contributed by atoms with E-state index >= 15 is 0 Å². The molecule has 0 fully saturated rings. The normalized spacial score (nSPS) is 11.2. The van der Waals surface area contributed by atoms with Gasteiger partial charge in [0.2, 0.25) is 10.8 Å². The van der Waals surface area contributed by atoms with Gasteiger partial charge in [-0.2, -0.15) is 0 Å². The molecule has 0 saturated heterocycles. The number of hydrogen-bond acceptors (Lipinski definition) is 8. The molecule has 40 heavy (non-hydrogen) atoms. The number of rotatable bonds is 10. The second-order valence-corrected chi connectivity index (χ2v) is 8.30. The highest BCUT2D eigenvalue weighted by molar-refractivity contribution is 5.97. The van der Waals surface area contributed by atoms with Crippen molar-refractivity contribution in [3.63, 3.8) is 0 Å². The van der Waals surface area contributed by atoms with E-state index in [0.717, 1.165) is 11.1 Å². The highest BCUT2D eigenvalue weighted by Crippen LogP contribution is 2.10. The fourth-order valence-corrected chi connectivity index (χ4v) is 3.37. The Hall–Kier alpha value is -5.21. The molecule has 12 nitrogen and oxygen atoms in total.